The normalized spacial score (nSPS) is 37.8. The number of hydrogen-bond donors (Lipinski definition) is 0. The summed E-state index contributed by atoms with van der Waals surface area (Å²) in [5.74, 6) is 2.62. The van der Waals surface area contributed by atoms with E-state index in [9.17, 15) is 8.42 Å². The smallest absolute Gasteiger partial charge is 0.306 e. The van der Waals surface area contributed by atoms with Crippen molar-refractivity contribution >= 4 is 10.1 Å². The van der Waals surface area contributed by atoms with Gasteiger partial charge in [0.05, 0.1) is 6.26 Å². The molecule has 0 radical (unpaired) electrons. The van der Waals surface area contributed by atoms with Crippen LogP contribution in [0.3, 0.4) is 0 Å². The van der Waals surface area contributed by atoms with Gasteiger partial charge in [-0.25, -0.2) is 0 Å². The van der Waals surface area contributed by atoms with Crippen LogP contribution in [0.15, 0.2) is 30.9 Å². The Morgan fingerprint density at radius 1 is 1.22 bits per heavy atom. The first kappa shape index (κ1) is 19.0. The molecule has 3 aliphatic rings. The van der Waals surface area contributed by atoms with Crippen molar-refractivity contribution in [1.82, 2.24) is 0 Å². The summed E-state index contributed by atoms with van der Waals surface area (Å²) in [6.45, 7) is 9.06. The van der Waals surface area contributed by atoms with E-state index in [2.05, 4.69) is 32.6 Å². The monoisotopic (exact) mass is 388 g/mol. The van der Waals surface area contributed by atoms with Gasteiger partial charge in [0.1, 0.15) is 5.75 Å². The largest absolute Gasteiger partial charge is 0.383 e. The Labute approximate surface area is 164 Å². The molecule has 3 aliphatic carbocycles. The maximum absolute atomic E-state index is 11.4. The summed E-state index contributed by atoms with van der Waals surface area (Å²) in [6.07, 6.45) is 11.8. The van der Waals surface area contributed by atoms with Crippen molar-refractivity contribution in [3.63, 3.8) is 0 Å². The maximum Gasteiger partial charge on any atom is 0.306 e. The van der Waals surface area contributed by atoms with Crippen LogP contribution in [0.1, 0.15) is 69.4 Å². The van der Waals surface area contributed by atoms with Gasteiger partial charge in [-0.15, -0.1) is 6.58 Å². The third kappa shape index (κ3) is 3.04. The lowest BCUT2D eigenvalue weighted by Crippen LogP contribution is -2.45. The number of rotatable bonds is 4. The summed E-state index contributed by atoms with van der Waals surface area (Å²) in [7, 11) is -3.47. The Balaban J connectivity index is 1.62. The Bertz CT molecular complexity index is 858. The minimum absolute atomic E-state index is 0.387. The maximum atomic E-state index is 11.4. The highest BCUT2D eigenvalue weighted by atomic mass is 32.2. The zero-order valence-corrected chi connectivity index (χ0v) is 17.6. The van der Waals surface area contributed by atoms with E-state index >= 15 is 0 Å². The fourth-order valence-corrected chi connectivity index (χ4v) is 7.25. The molecule has 0 unspecified atom stereocenters. The second-order valence-electron chi connectivity index (χ2n) is 9.61. The van der Waals surface area contributed by atoms with Crippen LogP contribution in [0.2, 0.25) is 0 Å². The lowest BCUT2D eigenvalue weighted by Gasteiger charge is -2.54. The van der Waals surface area contributed by atoms with Gasteiger partial charge >= 0.3 is 10.1 Å². The van der Waals surface area contributed by atoms with E-state index in [1.807, 2.05) is 12.1 Å². The summed E-state index contributed by atoms with van der Waals surface area (Å²) in [5.41, 5.74) is 3.52. The van der Waals surface area contributed by atoms with E-state index in [1.165, 1.54) is 43.2 Å². The number of aryl methyl sites for hydroxylation is 1. The molecular weight excluding hydrogens is 356 g/mol. The molecule has 1 aromatic rings. The SMILES string of the molecule is C=CC[C@@]1(C)CC[C@H]2[C@@H]3CCc4cc(OS(C)(=O)=O)ccc4[C@H]3CC[C@@]21C. The second kappa shape index (κ2) is 6.37. The summed E-state index contributed by atoms with van der Waals surface area (Å²) < 4.78 is 28.0. The van der Waals surface area contributed by atoms with E-state index in [1.54, 1.807) is 0 Å². The fraction of sp³-hybridized carbons (Fsp3) is 0.652. The molecule has 0 aliphatic heterocycles. The zero-order valence-electron chi connectivity index (χ0n) is 16.8. The van der Waals surface area contributed by atoms with Crippen LogP contribution in [-0.4, -0.2) is 14.7 Å². The number of allylic oxidation sites excluding steroid dienone is 1. The van der Waals surface area contributed by atoms with Gasteiger partial charge in [0.2, 0.25) is 0 Å². The van der Waals surface area contributed by atoms with E-state index in [4.69, 9.17) is 4.18 Å². The summed E-state index contributed by atoms with van der Waals surface area (Å²) in [6, 6.07) is 5.93. The highest BCUT2D eigenvalue weighted by Gasteiger charge is 2.59. The highest BCUT2D eigenvalue weighted by molar-refractivity contribution is 7.86. The Hall–Kier alpha value is -1.29. The van der Waals surface area contributed by atoms with Gasteiger partial charge in [0.25, 0.3) is 0 Å². The Morgan fingerprint density at radius 2 is 2.00 bits per heavy atom. The third-order valence-electron chi connectivity index (χ3n) is 8.32. The summed E-state index contributed by atoms with van der Waals surface area (Å²) in [4.78, 5) is 0. The van der Waals surface area contributed by atoms with Gasteiger partial charge in [-0.2, -0.15) is 8.42 Å². The van der Waals surface area contributed by atoms with Gasteiger partial charge < -0.3 is 4.18 Å². The summed E-state index contributed by atoms with van der Waals surface area (Å²) in [5, 5.41) is 0. The van der Waals surface area contributed by atoms with Crippen LogP contribution in [0, 0.1) is 22.7 Å². The van der Waals surface area contributed by atoms with E-state index < -0.39 is 10.1 Å². The molecule has 3 nitrogen and oxygen atoms in total. The first-order chi connectivity index (χ1) is 12.7. The van der Waals surface area contributed by atoms with Crippen LogP contribution in [0.4, 0.5) is 0 Å². The van der Waals surface area contributed by atoms with Crippen molar-refractivity contribution in [3.05, 3.63) is 42.0 Å². The Morgan fingerprint density at radius 3 is 2.70 bits per heavy atom. The lowest BCUT2D eigenvalue weighted by atomic mass is 9.50. The molecule has 5 atom stereocenters. The summed E-state index contributed by atoms with van der Waals surface area (Å²) >= 11 is 0. The fourth-order valence-electron chi connectivity index (χ4n) is 6.80. The van der Waals surface area contributed by atoms with Crippen molar-refractivity contribution in [2.45, 2.75) is 64.7 Å². The predicted molar refractivity (Wildman–Crippen MR) is 109 cm³/mol. The molecule has 4 heteroatoms. The number of fused-ring (bicyclic) bond motifs is 5. The van der Waals surface area contributed by atoms with Crippen molar-refractivity contribution in [1.29, 1.82) is 0 Å². The number of benzene rings is 1. The van der Waals surface area contributed by atoms with Gasteiger partial charge in [0, 0.05) is 0 Å². The second-order valence-corrected chi connectivity index (χ2v) is 11.2. The minimum Gasteiger partial charge on any atom is -0.383 e. The molecule has 2 saturated carbocycles. The molecule has 0 heterocycles. The topological polar surface area (TPSA) is 43.4 Å². The van der Waals surface area contributed by atoms with Crippen molar-refractivity contribution < 1.29 is 12.6 Å². The molecule has 2 fully saturated rings. The molecule has 1 aromatic carbocycles. The number of hydrogen-bond acceptors (Lipinski definition) is 3. The Kier molecular flexibility index (Phi) is 4.49. The van der Waals surface area contributed by atoms with Gasteiger partial charge in [-0.1, -0.05) is 26.0 Å². The predicted octanol–water partition coefficient (Wildman–Crippen LogP) is 5.46. The quantitative estimate of drug-likeness (QED) is 0.508. The molecule has 27 heavy (non-hydrogen) atoms. The zero-order chi connectivity index (χ0) is 19.4. The lowest BCUT2D eigenvalue weighted by molar-refractivity contribution is -0.0163. The van der Waals surface area contributed by atoms with Crippen LogP contribution in [0.5, 0.6) is 5.75 Å². The van der Waals surface area contributed by atoms with E-state index in [0.717, 1.165) is 30.9 Å². The molecule has 148 valence electrons. The van der Waals surface area contributed by atoms with Crippen LogP contribution < -0.4 is 4.18 Å². The van der Waals surface area contributed by atoms with Crippen molar-refractivity contribution in [3.8, 4) is 5.75 Å². The molecule has 0 amide bonds. The van der Waals surface area contributed by atoms with E-state index in [-0.39, 0.29) is 0 Å². The highest BCUT2D eigenvalue weighted by Crippen LogP contribution is 2.68. The van der Waals surface area contributed by atoms with Gasteiger partial charge in [-0.3, -0.25) is 0 Å². The molecule has 0 saturated heterocycles. The van der Waals surface area contributed by atoms with Crippen LogP contribution >= 0.6 is 0 Å². The average Bonchev–Trinajstić information content (AvgIpc) is 2.85. The minimum atomic E-state index is -3.47. The van der Waals surface area contributed by atoms with Crippen LogP contribution in [-0.2, 0) is 16.5 Å². The molecular formula is C23H32O3S. The molecule has 4 rings (SSSR count). The standard InChI is InChI=1S/C23H32O3S/c1-5-12-22(2)13-11-21-20-8-6-16-15-17(26-27(4,24)25)7-9-18(16)19(20)10-14-23(21,22)3/h5,7,9,15,19-21H,1,6,8,10-14H2,2-4H3/t19-,20-,21+,22+,23+/m1/s1. The van der Waals surface area contributed by atoms with Gasteiger partial charge in [-0.05, 0) is 96.8 Å². The first-order valence-electron chi connectivity index (χ1n) is 10.3. The van der Waals surface area contributed by atoms with Crippen molar-refractivity contribution in [2.24, 2.45) is 22.7 Å². The van der Waals surface area contributed by atoms with E-state index in [0.29, 0.717) is 22.5 Å². The van der Waals surface area contributed by atoms with Crippen LogP contribution in [0.25, 0.3) is 0 Å². The molecule has 0 spiro atoms. The first-order valence-corrected chi connectivity index (χ1v) is 12.1. The molecule has 0 bridgehead atoms. The average molecular weight is 389 g/mol. The van der Waals surface area contributed by atoms with Crippen molar-refractivity contribution in [2.75, 3.05) is 6.26 Å². The molecule has 0 aromatic heterocycles. The van der Waals surface area contributed by atoms with Gasteiger partial charge in [0.15, 0.2) is 0 Å². The molecule has 0 N–H and O–H groups in total. The third-order valence-corrected chi connectivity index (χ3v) is 8.81.